The zero-order valence-corrected chi connectivity index (χ0v) is 12.3. The summed E-state index contributed by atoms with van der Waals surface area (Å²) >= 11 is 0. The van der Waals surface area contributed by atoms with E-state index in [0.717, 1.165) is 5.56 Å². The first kappa shape index (κ1) is 15.1. The van der Waals surface area contributed by atoms with Crippen LogP contribution in [0.15, 0.2) is 48.5 Å². The van der Waals surface area contributed by atoms with Crippen molar-refractivity contribution in [2.24, 2.45) is 5.73 Å². The molecule has 110 valence electrons. The smallest absolute Gasteiger partial charge is 0.255 e. The van der Waals surface area contributed by atoms with Crippen LogP contribution in [0.4, 0.5) is 5.69 Å². The van der Waals surface area contributed by atoms with E-state index in [1.54, 1.807) is 12.1 Å². The molecule has 0 aliphatic carbocycles. The molecule has 3 N–H and O–H groups in total. The average molecular weight is 284 g/mol. The summed E-state index contributed by atoms with van der Waals surface area (Å²) in [6.45, 7) is 4.31. The van der Waals surface area contributed by atoms with Gasteiger partial charge in [0.25, 0.3) is 5.91 Å². The summed E-state index contributed by atoms with van der Waals surface area (Å²) in [7, 11) is 0. The number of nitrogens with one attached hydrogen (secondary N) is 1. The van der Waals surface area contributed by atoms with Crippen molar-refractivity contribution in [3.63, 3.8) is 0 Å². The minimum Gasteiger partial charge on any atom is -0.489 e. The van der Waals surface area contributed by atoms with Crippen LogP contribution in [0.25, 0.3) is 0 Å². The monoisotopic (exact) mass is 284 g/mol. The van der Waals surface area contributed by atoms with Crippen LogP contribution in [0, 0.1) is 0 Å². The lowest BCUT2D eigenvalue weighted by molar-refractivity contribution is 0.102. The van der Waals surface area contributed by atoms with Crippen LogP contribution < -0.4 is 15.8 Å². The standard InChI is InChI=1S/C17H20N2O2/c1-12(2)21-16-9-4-3-8-15(16)19-17(20)14-7-5-6-13(10-14)11-18/h3-10,12H,11,18H2,1-2H3,(H,19,20). The maximum absolute atomic E-state index is 12.3. The summed E-state index contributed by atoms with van der Waals surface area (Å²) < 4.78 is 5.69. The van der Waals surface area contributed by atoms with Crippen molar-refractivity contribution >= 4 is 11.6 Å². The lowest BCUT2D eigenvalue weighted by Crippen LogP contribution is -2.15. The Labute approximate surface area is 124 Å². The summed E-state index contributed by atoms with van der Waals surface area (Å²) in [5, 5.41) is 2.88. The molecular formula is C17H20N2O2. The fraction of sp³-hybridized carbons (Fsp3) is 0.235. The van der Waals surface area contributed by atoms with E-state index < -0.39 is 0 Å². The van der Waals surface area contributed by atoms with Gasteiger partial charge < -0.3 is 15.8 Å². The van der Waals surface area contributed by atoms with Gasteiger partial charge in [0.05, 0.1) is 11.8 Å². The number of hydrogen-bond acceptors (Lipinski definition) is 3. The van der Waals surface area contributed by atoms with Crippen LogP contribution in [0.3, 0.4) is 0 Å². The number of carbonyl (C=O) groups excluding carboxylic acids is 1. The highest BCUT2D eigenvalue weighted by Crippen LogP contribution is 2.25. The van der Waals surface area contributed by atoms with Crippen LogP contribution in [-0.2, 0) is 6.54 Å². The summed E-state index contributed by atoms with van der Waals surface area (Å²) in [6.07, 6.45) is 0.0450. The molecule has 0 bridgehead atoms. The molecule has 2 aromatic carbocycles. The van der Waals surface area contributed by atoms with Gasteiger partial charge in [0.1, 0.15) is 5.75 Å². The first-order valence-electron chi connectivity index (χ1n) is 6.96. The van der Waals surface area contributed by atoms with Gasteiger partial charge in [-0.25, -0.2) is 0 Å². The van der Waals surface area contributed by atoms with Crippen LogP contribution in [0.2, 0.25) is 0 Å². The first-order valence-corrected chi connectivity index (χ1v) is 6.96. The molecule has 0 heterocycles. The molecule has 0 radical (unpaired) electrons. The molecule has 2 rings (SSSR count). The third-order valence-electron chi connectivity index (χ3n) is 2.92. The van der Waals surface area contributed by atoms with Crippen molar-refractivity contribution in [2.75, 3.05) is 5.32 Å². The summed E-state index contributed by atoms with van der Waals surface area (Å²) in [5.74, 6) is 0.487. The second-order valence-electron chi connectivity index (χ2n) is 5.02. The van der Waals surface area contributed by atoms with Crippen LogP contribution in [0.1, 0.15) is 29.8 Å². The van der Waals surface area contributed by atoms with Gasteiger partial charge in [0, 0.05) is 12.1 Å². The summed E-state index contributed by atoms with van der Waals surface area (Å²) in [6, 6.07) is 14.7. The Morgan fingerprint density at radius 2 is 1.95 bits per heavy atom. The molecule has 0 aliphatic heterocycles. The molecule has 21 heavy (non-hydrogen) atoms. The van der Waals surface area contributed by atoms with E-state index in [9.17, 15) is 4.79 Å². The van der Waals surface area contributed by atoms with E-state index in [0.29, 0.717) is 23.5 Å². The number of amides is 1. The van der Waals surface area contributed by atoms with E-state index >= 15 is 0 Å². The number of hydrogen-bond donors (Lipinski definition) is 2. The SMILES string of the molecule is CC(C)Oc1ccccc1NC(=O)c1cccc(CN)c1. The number of benzene rings is 2. The van der Waals surface area contributed by atoms with E-state index in [2.05, 4.69) is 5.32 Å². The van der Waals surface area contributed by atoms with Gasteiger partial charge in [0.2, 0.25) is 0 Å². The zero-order chi connectivity index (χ0) is 15.2. The Morgan fingerprint density at radius 1 is 1.19 bits per heavy atom. The Bertz CT molecular complexity index is 624. The molecule has 0 saturated carbocycles. The van der Waals surface area contributed by atoms with Gasteiger partial charge in [0.15, 0.2) is 0 Å². The third kappa shape index (κ3) is 4.07. The van der Waals surface area contributed by atoms with Crippen LogP contribution in [-0.4, -0.2) is 12.0 Å². The Morgan fingerprint density at radius 3 is 2.67 bits per heavy atom. The quantitative estimate of drug-likeness (QED) is 0.886. The normalized spacial score (nSPS) is 10.5. The molecule has 0 unspecified atom stereocenters. The second kappa shape index (κ2) is 6.90. The number of carbonyl (C=O) groups is 1. The highest BCUT2D eigenvalue weighted by atomic mass is 16.5. The molecular weight excluding hydrogens is 264 g/mol. The predicted molar refractivity (Wildman–Crippen MR) is 84.5 cm³/mol. The lowest BCUT2D eigenvalue weighted by atomic mass is 10.1. The van der Waals surface area contributed by atoms with Gasteiger partial charge in [-0.1, -0.05) is 24.3 Å². The lowest BCUT2D eigenvalue weighted by Gasteiger charge is -2.15. The number of rotatable bonds is 5. The fourth-order valence-electron chi connectivity index (χ4n) is 1.96. The van der Waals surface area contributed by atoms with E-state index in [1.165, 1.54) is 0 Å². The molecule has 4 nitrogen and oxygen atoms in total. The average Bonchev–Trinajstić information content (AvgIpc) is 2.48. The Hall–Kier alpha value is -2.33. The highest BCUT2D eigenvalue weighted by molar-refractivity contribution is 6.05. The molecule has 0 aliphatic rings. The van der Waals surface area contributed by atoms with Crippen molar-refractivity contribution in [2.45, 2.75) is 26.5 Å². The first-order chi connectivity index (χ1) is 10.1. The third-order valence-corrected chi connectivity index (χ3v) is 2.92. The molecule has 0 saturated heterocycles. The predicted octanol–water partition coefficient (Wildman–Crippen LogP) is 3.18. The maximum atomic E-state index is 12.3. The second-order valence-corrected chi connectivity index (χ2v) is 5.02. The van der Waals surface area contributed by atoms with Gasteiger partial charge in [-0.3, -0.25) is 4.79 Å². The largest absolute Gasteiger partial charge is 0.489 e. The van der Waals surface area contributed by atoms with Crippen molar-refractivity contribution in [3.05, 3.63) is 59.7 Å². The fourth-order valence-corrected chi connectivity index (χ4v) is 1.96. The summed E-state index contributed by atoms with van der Waals surface area (Å²) in [5.41, 5.74) is 7.77. The Balaban J connectivity index is 2.19. The maximum Gasteiger partial charge on any atom is 0.255 e. The number of ether oxygens (including phenoxy) is 1. The molecule has 0 fully saturated rings. The topological polar surface area (TPSA) is 64.3 Å². The van der Waals surface area contributed by atoms with Crippen LogP contribution in [0.5, 0.6) is 5.75 Å². The minimum absolute atomic E-state index is 0.0450. The van der Waals surface area contributed by atoms with E-state index in [1.807, 2.05) is 50.2 Å². The molecule has 0 spiro atoms. The number of para-hydroxylation sites is 2. The van der Waals surface area contributed by atoms with Crippen LogP contribution >= 0.6 is 0 Å². The number of nitrogens with two attached hydrogens (primary N) is 1. The molecule has 2 aromatic rings. The Kier molecular flexibility index (Phi) is 4.95. The van der Waals surface area contributed by atoms with Gasteiger partial charge in [-0.2, -0.15) is 0 Å². The zero-order valence-electron chi connectivity index (χ0n) is 12.3. The molecule has 1 amide bonds. The highest BCUT2D eigenvalue weighted by Gasteiger charge is 2.10. The van der Waals surface area contributed by atoms with Crippen molar-refractivity contribution in [1.29, 1.82) is 0 Å². The van der Waals surface area contributed by atoms with E-state index in [-0.39, 0.29) is 12.0 Å². The van der Waals surface area contributed by atoms with Crippen molar-refractivity contribution < 1.29 is 9.53 Å². The molecule has 0 atom stereocenters. The number of anilines is 1. The minimum atomic E-state index is -0.176. The van der Waals surface area contributed by atoms with Crippen molar-refractivity contribution in [1.82, 2.24) is 0 Å². The van der Waals surface area contributed by atoms with Crippen molar-refractivity contribution in [3.8, 4) is 5.75 Å². The summed E-state index contributed by atoms with van der Waals surface area (Å²) in [4.78, 5) is 12.3. The van der Waals surface area contributed by atoms with Gasteiger partial charge in [-0.15, -0.1) is 0 Å². The van der Waals surface area contributed by atoms with Gasteiger partial charge >= 0.3 is 0 Å². The molecule has 0 aromatic heterocycles. The molecule has 4 heteroatoms. The van der Waals surface area contributed by atoms with Gasteiger partial charge in [-0.05, 0) is 43.7 Å². The van der Waals surface area contributed by atoms with E-state index in [4.69, 9.17) is 10.5 Å².